The Morgan fingerprint density at radius 3 is 2.64 bits per heavy atom. The van der Waals surface area contributed by atoms with Crippen LogP contribution in [0.5, 0.6) is 0 Å². The van der Waals surface area contributed by atoms with E-state index in [9.17, 15) is 0 Å². The molecule has 0 amide bonds. The van der Waals surface area contributed by atoms with Gasteiger partial charge in [0.15, 0.2) is 5.96 Å². The Morgan fingerprint density at radius 1 is 1.44 bits per heavy atom. The van der Waals surface area contributed by atoms with Gasteiger partial charge >= 0.3 is 0 Å². The number of nitrogens with one attached hydrogen (secondary N) is 2. The summed E-state index contributed by atoms with van der Waals surface area (Å²) in [6.07, 6.45) is 4.86. The van der Waals surface area contributed by atoms with Gasteiger partial charge in [-0.3, -0.25) is 4.99 Å². The average molecular weight is 463 g/mol. The maximum atomic E-state index is 5.69. The lowest BCUT2D eigenvalue weighted by molar-refractivity contribution is -0.176. The number of methoxy groups -OCH3 is 1. The van der Waals surface area contributed by atoms with E-state index in [1.54, 1.807) is 14.2 Å². The van der Waals surface area contributed by atoms with Crippen molar-refractivity contribution in [3.8, 4) is 0 Å². The number of aromatic nitrogens is 2. The molecule has 1 saturated carbocycles. The predicted octanol–water partition coefficient (Wildman–Crippen LogP) is 3.03. The van der Waals surface area contributed by atoms with Crippen LogP contribution in [0, 0.1) is 11.3 Å². The second-order valence-electron chi connectivity index (χ2n) is 7.87. The minimum absolute atomic E-state index is 0. The highest BCUT2D eigenvalue weighted by molar-refractivity contribution is 14.0. The summed E-state index contributed by atoms with van der Waals surface area (Å²) in [5.74, 6) is 2.43. The van der Waals surface area contributed by atoms with Crippen molar-refractivity contribution in [1.82, 2.24) is 20.2 Å². The van der Waals surface area contributed by atoms with Crippen LogP contribution >= 0.6 is 24.0 Å². The number of aliphatic imine (C=N–C) groups is 1. The first-order valence-corrected chi connectivity index (χ1v) is 8.76. The summed E-state index contributed by atoms with van der Waals surface area (Å²) >= 11 is 0. The molecule has 25 heavy (non-hydrogen) atoms. The fourth-order valence-electron chi connectivity index (χ4n) is 3.31. The minimum atomic E-state index is -0.0863. The van der Waals surface area contributed by atoms with Gasteiger partial charge in [-0.2, -0.15) is 0 Å². The molecule has 1 fully saturated rings. The lowest BCUT2D eigenvalue weighted by Crippen LogP contribution is -2.69. The molecule has 2 atom stereocenters. The molecule has 0 saturated heterocycles. The molecule has 0 bridgehead atoms. The number of nitrogens with zero attached hydrogens (tertiary/aromatic N) is 3. The zero-order valence-electron chi connectivity index (χ0n) is 16.6. The third-order valence-electron chi connectivity index (χ3n) is 5.59. The minimum Gasteiger partial charge on any atom is -0.378 e. The monoisotopic (exact) mass is 463 g/mol. The Kier molecular flexibility index (Phi) is 7.73. The number of hydrogen-bond donors (Lipinski definition) is 2. The molecule has 2 N–H and O–H groups in total. The van der Waals surface area contributed by atoms with E-state index in [0.29, 0.717) is 18.5 Å². The summed E-state index contributed by atoms with van der Waals surface area (Å²) < 4.78 is 7.89. The standard InChI is InChI=1S/C18H33N5O.HI/c1-13(2)12-23-9-8-20-15(23)11-21-16(19-6)22-14-10-18(5,24-7)17(14,3)4;/h8-9,13-14H,10-12H2,1-7H3,(H2,19,21,22);1H. The highest BCUT2D eigenvalue weighted by Crippen LogP contribution is 2.51. The molecule has 144 valence electrons. The van der Waals surface area contributed by atoms with Crippen molar-refractivity contribution in [2.24, 2.45) is 16.3 Å². The molecular formula is C18H34IN5O. The van der Waals surface area contributed by atoms with E-state index in [4.69, 9.17) is 4.74 Å². The fourth-order valence-corrected chi connectivity index (χ4v) is 3.31. The lowest BCUT2D eigenvalue weighted by Gasteiger charge is -2.59. The van der Waals surface area contributed by atoms with Crippen LogP contribution in [0.2, 0.25) is 0 Å². The molecule has 6 nitrogen and oxygen atoms in total. The SMILES string of the molecule is CN=C(NCc1nccn1CC(C)C)NC1CC(C)(OC)C1(C)C.I. The first kappa shape index (κ1) is 22.2. The Labute approximate surface area is 169 Å². The molecule has 1 aliphatic carbocycles. The van der Waals surface area contributed by atoms with Crippen molar-refractivity contribution < 1.29 is 4.74 Å². The Bertz CT molecular complexity index is 584. The molecule has 0 aromatic carbocycles. The van der Waals surface area contributed by atoms with Crippen LogP contribution in [-0.2, 0) is 17.8 Å². The second-order valence-corrected chi connectivity index (χ2v) is 7.87. The predicted molar refractivity (Wildman–Crippen MR) is 113 cm³/mol. The van der Waals surface area contributed by atoms with Gasteiger partial charge in [-0.05, 0) is 19.3 Å². The molecule has 1 aromatic heterocycles. The van der Waals surface area contributed by atoms with Crippen LogP contribution in [0.25, 0.3) is 0 Å². The smallest absolute Gasteiger partial charge is 0.191 e. The Balaban J connectivity index is 0.00000312. The molecule has 7 heteroatoms. The number of guanidine groups is 1. The van der Waals surface area contributed by atoms with Crippen molar-refractivity contribution in [3.63, 3.8) is 0 Å². The van der Waals surface area contributed by atoms with Crippen molar-refractivity contribution >= 4 is 29.9 Å². The number of ether oxygens (including phenoxy) is 1. The van der Waals surface area contributed by atoms with Crippen LogP contribution in [0.4, 0.5) is 0 Å². The number of halogens is 1. The molecule has 1 heterocycles. The van der Waals surface area contributed by atoms with Gasteiger partial charge in [0.05, 0.1) is 12.1 Å². The van der Waals surface area contributed by atoms with E-state index in [-0.39, 0.29) is 35.0 Å². The quantitative estimate of drug-likeness (QED) is 0.387. The van der Waals surface area contributed by atoms with Gasteiger partial charge in [0, 0.05) is 44.6 Å². The third-order valence-corrected chi connectivity index (χ3v) is 5.59. The first-order chi connectivity index (χ1) is 11.2. The Morgan fingerprint density at radius 2 is 2.12 bits per heavy atom. The highest BCUT2D eigenvalue weighted by atomic mass is 127. The van der Waals surface area contributed by atoms with Crippen LogP contribution < -0.4 is 10.6 Å². The third kappa shape index (κ3) is 4.67. The molecule has 1 aromatic rings. The summed E-state index contributed by atoms with van der Waals surface area (Å²) in [5, 5.41) is 6.91. The van der Waals surface area contributed by atoms with Crippen LogP contribution in [0.3, 0.4) is 0 Å². The number of imidazole rings is 1. The number of hydrogen-bond acceptors (Lipinski definition) is 3. The molecular weight excluding hydrogens is 429 g/mol. The van der Waals surface area contributed by atoms with Crippen LogP contribution in [-0.4, -0.2) is 41.3 Å². The second kappa shape index (κ2) is 8.70. The van der Waals surface area contributed by atoms with E-state index in [2.05, 4.69) is 59.8 Å². The van der Waals surface area contributed by atoms with E-state index in [0.717, 1.165) is 24.7 Å². The van der Waals surface area contributed by atoms with Crippen LogP contribution in [0.15, 0.2) is 17.4 Å². The summed E-state index contributed by atoms with van der Waals surface area (Å²) in [6, 6.07) is 0.337. The summed E-state index contributed by atoms with van der Waals surface area (Å²) in [4.78, 5) is 8.81. The Hall–Kier alpha value is -0.830. The van der Waals surface area contributed by atoms with Crippen LogP contribution in [0.1, 0.15) is 46.9 Å². The van der Waals surface area contributed by atoms with Gasteiger partial charge in [0.2, 0.25) is 0 Å². The maximum absolute atomic E-state index is 5.69. The largest absolute Gasteiger partial charge is 0.378 e. The van der Waals surface area contributed by atoms with Crippen molar-refractivity contribution in [3.05, 3.63) is 18.2 Å². The van der Waals surface area contributed by atoms with Gasteiger partial charge in [0.1, 0.15) is 5.82 Å². The van der Waals surface area contributed by atoms with Gasteiger partial charge < -0.3 is 19.9 Å². The zero-order chi connectivity index (χ0) is 18.0. The summed E-state index contributed by atoms with van der Waals surface area (Å²) in [5.41, 5.74) is -0.0352. The van der Waals surface area contributed by atoms with Gasteiger partial charge in [-0.15, -0.1) is 24.0 Å². The van der Waals surface area contributed by atoms with E-state index in [1.165, 1.54) is 0 Å². The fraction of sp³-hybridized carbons (Fsp3) is 0.778. The van der Waals surface area contributed by atoms with Gasteiger partial charge in [-0.1, -0.05) is 27.7 Å². The molecule has 1 aliphatic rings. The van der Waals surface area contributed by atoms with Gasteiger partial charge in [-0.25, -0.2) is 4.98 Å². The zero-order valence-corrected chi connectivity index (χ0v) is 18.9. The van der Waals surface area contributed by atoms with Crippen molar-refractivity contribution in [2.45, 2.75) is 65.8 Å². The normalized spacial score (nSPS) is 25.3. The van der Waals surface area contributed by atoms with E-state index in [1.807, 2.05) is 12.4 Å². The maximum Gasteiger partial charge on any atom is 0.191 e. The molecule has 0 aliphatic heterocycles. The van der Waals surface area contributed by atoms with E-state index < -0.39 is 0 Å². The van der Waals surface area contributed by atoms with Gasteiger partial charge in [0.25, 0.3) is 0 Å². The lowest BCUT2D eigenvalue weighted by atomic mass is 9.56. The molecule has 2 unspecified atom stereocenters. The van der Waals surface area contributed by atoms with Crippen molar-refractivity contribution in [1.29, 1.82) is 0 Å². The summed E-state index contributed by atoms with van der Waals surface area (Å²) in [6.45, 7) is 12.7. The van der Waals surface area contributed by atoms with Crippen molar-refractivity contribution in [2.75, 3.05) is 14.2 Å². The highest BCUT2D eigenvalue weighted by Gasteiger charge is 2.58. The molecule has 2 rings (SSSR count). The van der Waals surface area contributed by atoms with E-state index >= 15 is 0 Å². The number of rotatable bonds is 6. The first-order valence-electron chi connectivity index (χ1n) is 8.76. The topological polar surface area (TPSA) is 63.5 Å². The molecule has 0 radical (unpaired) electrons. The average Bonchev–Trinajstić information content (AvgIpc) is 2.96. The summed E-state index contributed by atoms with van der Waals surface area (Å²) in [7, 11) is 3.59. The molecule has 0 spiro atoms.